The molecule has 6 heteroatoms. The van der Waals surface area contributed by atoms with Gasteiger partial charge in [-0.15, -0.1) is 0 Å². The summed E-state index contributed by atoms with van der Waals surface area (Å²) >= 11 is 1.29. The van der Waals surface area contributed by atoms with E-state index in [1.807, 2.05) is 0 Å². The molecule has 0 saturated carbocycles. The minimum absolute atomic E-state index is 0.000204. The van der Waals surface area contributed by atoms with Gasteiger partial charge in [-0.3, -0.25) is 4.79 Å². The van der Waals surface area contributed by atoms with E-state index in [1.54, 1.807) is 18.2 Å². The number of carbonyl (C=O) groups excluding carboxylic acids is 1. The molecule has 1 heterocycles. The molecular weight excluding hydrogens is 262 g/mol. The maximum absolute atomic E-state index is 11.5. The smallest absolute Gasteiger partial charge is 0.257 e. The molecule has 0 unspecified atom stereocenters. The van der Waals surface area contributed by atoms with Crippen LogP contribution in [0.4, 0.5) is 5.69 Å². The SMILES string of the molecule is CCCCNC(=O)CSc1nc2ccc(N)cc2o1. The Hall–Kier alpha value is -1.69. The fraction of sp³-hybridized carbons (Fsp3) is 0.385. The molecule has 0 radical (unpaired) electrons. The number of nitrogens with one attached hydrogen (secondary N) is 1. The van der Waals surface area contributed by atoms with Gasteiger partial charge in [-0.25, -0.2) is 4.98 Å². The number of nitrogens with zero attached hydrogens (tertiary/aromatic N) is 1. The quantitative estimate of drug-likeness (QED) is 0.482. The van der Waals surface area contributed by atoms with Crippen molar-refractivity contribution < 1.29 is 9.21 Å². The first-order chi connectivity index (χ1) is 9.19. The molecule has 2 aromatic rings. The van der Waals surface area contributed by atoms with E-state index < -0.39 is 0 Å². The minimum atomic E-state index is 0.000204. The van der Waals surface area contributed by atoms with Gasteiger partial charge in [0.15, 0.2) is 5.58 Å². The summed E-state index contributed by atoms with van der Waals surface area (Å²) in [5.74, 6) is 0.312. The van der Waals surface area contributed by atoms with Crippen molar-refractivity contribution in [2.45, 2.75) is 25.0 Å². The first-order valence-electron chi connectivity index (χ1n) is 6.24. The average Bonchev–Trinajstić information content (AvgIpc) is 2.78. The highest BCUT2D eigenvalue weighted by atomic mass is 32.2. The zero-order chi connectivity index (χ0) is 13.7. The number of carbonyl (C=O) groups is 1. The Morgan fingerprint density at radius 2 is 2.37 bits per heavy atom. The van der Waals surface area contributed by atoms with Crippen LogP contribution in [0.1, 0.15) is 19.8 Å². The highest BCUT2D eigenvalue weighted by Gasteiger charge is 2.09. The van der Waals surface area contributed by atoms with E-state index in [2.05, 4.69) is 17.2 Å². The molecule has 0 bridgehead atoms. The molecule has 2 rings (SSSR count). The Kier molecular flexibility index (Phi) is 4.68. The third-order valence-electron chi connectivity index (χ3n) is 2.57. The number of fused-ring (bicyclic) bond motifs is 1. The lowest BCUT2D eigenvalue weighted by atomic mass is 10.3. The van der Waals surface area contributed by atoms with E-state index in [0.29, 0.717) is 22.2 Å². The molecule has 0 spiro atoms. The molecule has 0 aliphatic rings. The molecule has 0 atom stereocenters. The number of amides is 1. The summed E-state index contributed by atoms with van der Waals surface area (Å²) in [6.45, 7) is 2.81. The van der Waals surface area contributed by atoms with Gasteiger partial charge in [0.05, 0.1) is 5.75 Å². The molecule has 5 nitrogen and oxygen atoms in total. The van der Waals surface area contributed by atoms with E-state index in [0.717, 1.165) is 24.9 Å². The maximum Gasteiger partial charge on any atom is 0.257 e. The molecule has 102 valence electrons. The predicted molar refractivity (Wildman–Crippen MR) is 77.1 cm³/mol. The standard InChI is InChI=1S/C13H17N3O2S/c1-2-3-6-15-12(17)8-19-13-16-10-5-4-9(14)7-11(10)18-13/h4-5,7H,2-3,6,8,14H2,1H3,(H,15,17). The van der Waals surface area contributed by atoms with Crippen molar-refractivity contribution in [2.24, 2.45) is 0 Å². The van der Waals surface area contributed by atoms with Crippen LogP contribution in [-0.4, -0.2) is 23.2 Å². The molecule has 0 aliphatic heterocycles. The fourth-order valence-corrected chi connectivity index (χ4v) is 2.23. The van der Waals surface area contributed by atoms with Crippen molar-refractivity contribution >= 4 is 34.5 Å². The highest BCUT2D eigenvalue weighted by Crippen LogP contribution is 2.24. The molecule has 0 fully saturated rings. The van der Waals surface area contributed by atoms with Crippen LogP contribution in [-0.2, 0) is 4.79 Å². The largest absolute Gasteiger partial charge is 0.431 e. The van der Waals surface area contributed by atoms with Crippen LogP contribution >= 0.6 is 11.8 Å². The van der Waals surface area contributed by atoms with Crippen molar-refractivity contribution in [3.05, 3.63) is 18.2 Å². The second-order valence-corrected chi connectivity index (χ2v) is 5.13. The number of nitrogens with two attached hydrogens (primary N) is 1. The molecule has 0 aliphatic carbocycles. The van der Waals surface area contributed by atoms with Gasteiger partial charge in [0.1, 0.15) is 5.52 Å². The number of hydrogen-bond acceptors (Lipinski definition) is 5. The summed E-state index contributed by atoms with van der Waals surface area (Å²) in [6.07, 6.45) is 2.07. The topological polar surface area (TPSA) is 81.2 Å². The van der Waals surface area contributed by atoms with E-state index in [-0.39, 0.29) is 5.91 Å². The van der Waals surface area contributed by atoms with Crippen LogP contribution in [0.3, 0.4) is 0 Å². The molecule has 3 N–H and O–H groups in total. The first kappa shape index (κ1) is 13.7. The van der Waals surface area contributed by atoms with Crippen molar-refractivity contribution in [1.82, 2.24) is 10.3 Å². The lowest BCUT2D eigenvalue weighted by Gasteiger charge is -2.01. The summed E-state index contributed by atoms with van der Waals surface area (Å²) < 4.78 is 5.52. The number of anilines is 1. The van der Waals surface area contributed by atoms with Gasteiger partial charge in [0, 0.05) is 18.3 Å². The number of oxazole rings is 1. The summed E-state index contributed by atoms with van der Waals surface area (Å²) in [5, 5.41) is 3.34. The van der Waals surface area contributed by atoms with Crippen LogP contribution in [0, 0.1) is 0 Å². The second-order valence-electron chi connectivity index (χ2n) is 4.20. The predicted octanol–water partition coefficient (Wildman–Crippen LogP) is 2.42. The van der Waals surface area contributed by atoms with Gasteiger partial charge in [0.25, 0.3) is 5.22 Å². The van der Waals surface area contributed by atoms with E-state index >= 15 is 0 Å². The monoisotopic (exact) mass is 279 g/mol. The van der Waals surface area contributed by atoms with E-state index in [1.165, 1.54) is 11.8 Å². The van der Waals surface area contributed by atoms with Crippen molar-refractivity contribution in [3.8, 4) is 0 Å². The number of aromatic nitrogens is 1. The average molecular weight is 279 g/mol. The molecule has 19 heavy (non-hydrogen) atoms. The zero-order valence-electron chi connectivity index (χ0n) is 10.8. The van der Waals surface area contributed by atoms with Crippen molar-refractivity contribution in [3.63, 3.8) is 0 Å². The second kappa shape index (κ2) is 6.47. The third-order valence-corrected chi connectivity index (χ3v) is 3.40. The molecule has 1 amide bonds. The van der Waals surface area contributed by atoms with E-state index in [9.17, 15) is 4.79 Å². The van der Waals surface area contributed by atoms with Gasteiger partial charge < -0.3 is 15.5 Å². The Morgan fingerprint density at radius 3 is 3.16 bits per heavy atom. The zero-order valence-corrected chi connectivity index (χ0v) is 11.6. The molecule has 1 aromatic heterocycles. The van der Waals surface area contributed by atoms with Crippen molar-refractivity contribution in [2.75, 3.05) is 18.0 Å². The fourth-order valence-electron chi connectivity index (χ4n) is 1.56. The first-order valence-corrected chi connectivity index (χ1v) is 7.23. The number of thioether (sulfide) groups is 1. The van der Waals surface area contributed by atoms with Crippen LogP contribution in [0.15, 0.2) is 27.8 Å². The Balaban J connectivity index is 1.89. The molecule has 1 aromatic carbocycles. The third kappa shape index (κ3) is 3.89. The van der Waals surface area contributed by atoms with Crippen LogP contribution in [0.25, 0.3) is 11.1 Å². The summed E-state index contributed by atoms with van der Waals surface area (Å²) in [5.41, 5.74) is 7.70. The lowest BCUT2D eigenvalue weighted by Crippen LogP contribution is -2.25. The van der Waals surface area contributed by atoms with Crippen LogP contribution in [0.2, 0.25) is 0 Å². The van der Waals surface area contributed by atoms with Crippen LogP contribution in [0.5, 0.6) is 0 Å². The van der Waals surface area contributed by atoms with Gasteiger partial charge >= 0.3 is 0 Å². The number of unbranched alkanes of at least 4 members (excludes halogenated alkanes) is 1. The molecular formula is C13H17N3O2S. The van der Waals surface area contributed by atoms with Gasteiger partial charge in [-0.05, 0) is 18.6 Å². The summed E-state index contributed by atoms with van der Waals surface area (Å²) in [7, 11) is 0. The maximum atomic E-state index is 11.5. The van der Waals surface area contributed by atoms with Gasteiger partial charge in [0.2, 0.25) is 5.91 Å². The number of benzene rings is 1. The Morgan fingerprint density at radius 1 is 1.53 bits per heavy atom. The Labute approximate surface area is 115 Å². The summed E-state index contributed by atoms with van der Waals surface area (Å²) in [4.78, 5) is 15.8. The Bertz CT molecular complexity index is 568. The number of nitrogen functional groups attached to an aromatic ring is 1. The minimum Gasteiger partial charge on any atom is -0.431 e. The van der Waals surface area contributed by atoms with Gasteiger partial charge in [-0.2, -0.15) is 0 Å². The van der Waals surface area contributed by atoms with Gasteiger partial charge in [-0.1, -0.05) is 25.1 Å². The van der Waals surface area contributed by atoms with Crippen molar-refractivity contribution in [1.29, 1.82) is 0 Å². The van der Waals surface area contributed by atoms with E-state index in [4.69, 9.17) is 10.2 Å². The molecule has 0 saturated heterocycles. The normalized spacial score (nSPS) is 10.8. The lowest BCUT2D eigenvalue weighted by molar-refractivity contribution is -0.118. The van der Waals surface area contributed by atoms with Crippen LogP contribution < -0.4 is 11.1 Å². The highest BCUT2D eigenvalue weighted by molar-refractivity contribution is 7.99. The number of hydrogen-bond donors (Lipinski definition) is 2. The number of rotatable bonds is 6. The summed E-state index contributed by atoms with van der Waals surface area (Å²) in [6, 6.07) is 5.31.